The number of nitrogens with one attached hydrogen (secondary N) is 3. The standard InChI is InChI=1S/C33H41N5O6S/c1-22-29(32(43)36-20-18-27(39)40)45-33(38(22)21-23-9-4-2-5-10-23)37-31(42)25-16-14-24(15-17-25)30(34)35-19-8-13-28(41)44-26-11-6-3-7-12-26/h2,4-5,9-10,14-17,22,26,29H,3,6-8,11-13,18-21H2,1H3,(H2,34,35)(H,36,43)(H,39,40). The second-order valence-electron chi connectivity index (χ2n) is 11.3. The minimum absolute atomic E-state index is 0.0191. The maximum atomic E-state index is 13.2. The molecule has 12 heteroatoms. The summed E-state index contributed by atoms with van der Waals surface area (Å²) in [4.78, 5) is 55.4. The van der Waals surface area contributed by atoms with Crippen LogP contribution < -0.4 is 10.6 Å². The van der Waals surface area contributed by atoms with Crippen molar-refractivity contribution in [2.75, 3.05) is 13.1 Å². The molecule has 2 aliphatic rings. The molecule has 0 bridgehead atoms. The third-order valence-electron chi connectivity index (χ3n) is 7.83. The summed E-state index contributed by atoms with van der Waals surface area (Å²) < 4.78 is 5.54. The summed E-state index contributed by atoms with van der Waals surface area (Å²) in [5.41, 5.74) is 1.93. The van der Waals surface area contributed by atoms with Crippen LogP contribution in [0.4, 0.5) is 0 Å². The number of amides is 2. The van der Waals surface area contributed by atoms with Gasteiger partial charge in [0, 0.05) is 43.2 Å². The Morgan fingerprint density at radius 2 is 1.64 bits per heavy atom. The number of hydrogen-bond acceptors (Lipinski definition) is 7. The maximum absolute atomic E-state index is 13.2. The van der Waals surface area contributed by atoms with Gasteiger partial charge in [-0.05, 0) is 56.7 Å². The van der Waals surface area contributed by atoms with Crippen LogP contribution in [0, 0.1) is 5.41 Å². The van der Waals surface area contributed by atoms with Crippen LogP contribution >= 0.6 is 11.8 Å². The second kappa shape index (κ2) is 16.8. The van der Waals surface area contributed by atoms with E-state index in [1.54, 1.807) is 24.3 Å². The number of carbonyl (C=O) groups excluding carboxylic acids is 3. The first-order valence-electron chi connectivity index (χ1n) is 15.4. The van der Waals surface area contributed by atoms with E-state index in [4.69, 9.17) is 15.3 Å². The van der Waals surface area contributed by atoms with Gasteiger partial charge in [-0.2, -0.15) is 4.99 Å². The van der Waals surface area contributed by atoms with Crippen molar-refractivity contribution in [3.8, 4) is 0 Å². The molecule has 1 heterocycles. The molecule has 1 saturated heterocycles. The summed E-state index contributed by atoms with van der Waals surface area (Å²) in [6.07, 6.45) is 6.02. The van der Waals surface area contributed by atoms with E-state index < -0.39 is 17.1 Å². The average Bonchev–Trinajstić information content (AvgIpc) is 3.34. The lowest BCUT2D eigenvalue weighted by Crippen LogP contribution is -2.42. The van der Waals surface area contributed by atoms with E-state index in [1.807, 2.05) is 42.2 Å². The average molecular weight is 636 g/mol. The molecule has 45 heavy (non-hydrogen) atoms. The van der Waals surface area contributed by atoms with Crippen LogP contribution in [0.2, 0.25) is 0 Å². The van der Waals surface area contributed by atoms with E-state index in [1.165, 1.54) is 18.2 Å². The first kappa shape index (κ1) is 33.7. The summed E-state index contributed by atoms with van der Waals surface area (Å²) in [5.74, 6) is -1.78. The number of aliphatic carboxylic acids is 1. The molecule has 0 aromatic heterocycles. The molecule has 0 radical (unpaired) electrons. The number of hydrogen-bond donors (Lipinski definition) is 4. The van der Waals surface area contributed by atoms with Crippen LogP contribution in [0.3, 0.4) is 0 Å². The lowest BCUT2D eigenvalue weighted by molar-refractivity contribution is -0.150. The number of amidine groups is 2. The number of esters is 1. The number of carboxylic acids is 1. The van der Waals surface area contributed by atoms with Crippen molar-refractivity contribution in [3.63, 3.8) is 0 Å². The molecular weight excluding hydrogens is 594 g/mol. The van der Waals surface area contributed by atoms with Crippen molar-refractivity contribution in [2.45, 2.75) is 82.2 Å². The predicted octanol–water partition coefficient (Wildman–Crippen LogP) is 4.35. The number of nitrogens with zero attached hydrogens (tertiary/aromatic N) is 2. The van der Waals surface area contributed by atoms with Crippen LogP contribution in [-0.4, -0.2) is 75.2 Å². The number of thioether (sulfide) groups is 1. The van der Waals surface area contributed by atoms with Gasteiger partial charge < -0.3 is 25.4 Å². The Kier molecular flexibility index (Phi) is 12.6. The minimum Gasteiger partial charge on any atom is -0.481 e. The smallest absolute Gasteiger partial charge is 0.306 e. The molecule has 240 valence electrons. The fourth-order valence-corrected chi connectivity index (χ4v) is 6.54. The normalized spacial score (nSPS) is 19.2. The molecule has 2 aromatic carbocycles. The van der Waals surface area contributed by atoms with Gasteiger partial charge in [0.25, 0.3) is 5.91 Å². The topological polar surface area (TPSA) is 161 Å². The molecule has 1 aliphatic carbocycles. The highest BCUT2D eigenvalue weighted by Crippen LogP contribution is 2.33. The molecule has 2 aromatic rings. The molecule has 2 unspecified atom stereocenters. The van der Waals surface area contributed by atoms with Gasteiger partial charge in [0.1, 0.15) is 17.2 Å². The van der Waals surface area contributed by atoms with Gasteiger partial charge in [0.15, 0.2) is 5.17 Å². The molecule has 2 atom stereocenters. The first-order valence-corrected chi connectivity index (χ1v) is 16.3. The number of carboxylic acid groups (broad SMARTS) is 1. The number of rotatable bonds is 13. The Morgan fingerprint density at radius 1 is 0.956 bits per heavy atom. The molecule has 11 nitrogen and oxygen atoms in total. The molecule has 0 spiro atoms. The summed E-state index contributed by atoms with van der Waals surface area (Å²) in [5, 5.41) is 22.8. The minimum atomic E-state index is -0.996. The SMILES string of the molecule is CC1C(C(=O)NCCC(=O)O)SC(=NC(=O)c2ccc(C(=N)NCCCC(=O)OC3CCCCC3)cc2)N1Cc1ccccc1. The van der Waals surface area contributed by atoms with Gasteiger partial charge in [0.05, 0.1) is 6.42 Å². The summed E-state index contributed by atoms with van der Waals surface area (Å²) in [7, 11) is 0. The Bertz CT molecular complexity index is 1380. The molecular formula is C33H41N5O6S. The fraction of sp³-hybridized carbons (Fsp3) is 0.455. The zero-order chi connectivity index (χ0) is 32.2. The number of benzene rings is 2. The van der Waals surface area contributed by atoms with Crippen molar-refractivity contribution in [3.05, 3.63) is 71.3 Å². The van der Waals surface area contributed by atoms with Crippen molar-refractivity contribution >= 4 is 46.5 Å². The quantitative estimate of drug-likeness (QED) is 0.109. The fourth-order valence-electron chi connectivity index (χ4n) is 5.27. The zero-order valence-corrected chi connectivity index (χ0v) is 26.3. The van der Waals surface area contributed by atoms with Crippen molar-refractivity contribution in [1.29, 1.82) is 5.41 Å². The second-order valence-corrected chi connectivity index (χ2v) is 12.4. The van der Waals surface area contributed by atoms with Crippen LogP contribution in [0.5, 0.6) is 0 Å². The monoisotopic (exact) mass is 635 g/mol. The van der Waals surface area contributed by atoms with Crippen LogP contribution in [0.1, 0.15) is 79.8 Å². The van der Waals surface area contributed by atoms with E-state index in [0.717, 1.165) is 31.2 Å². The highest BCUT2D eigenvalue weighted by atomic mass is 32.2. The van der Waals surface area contributed by atoms with Gasteiger partial charge in [-0.15, -0.1) is 0 Å². The highest BCUT2D eigenvalue weighted by molar-refractivity contribution is 8.15. The van der Waals surface area contributed by atoms with Gasteiger partial charge in [-0.1, -0.05) is 60.6 Å². The molecule has 1 saturated carbocycles. The maximum Gasteiger partial charge on any atom is 0.306 e. The largest absolute Gasteiger partial charge is 0.481 e. The Morgan fingerprint density at radius 3 is 2.33 bits per heavy atom. The van der Waals surface area contributed by atoms with Crippen molar-refractivity contribution < 1.29 is 29.0 Å². The third-order valence-corrected chi connectivity index (χ3v) is 9.23. The lowest BCUT2D eigenvalue weighted by Gasteiger charge is -2.25. The van der Waals surface area contributed by atoms with E-state index in [2.05, 4.69) is 15.6 Å². The van der Waals surface area contributed by atoms with E-state index in [0.29, 0.717) is 42.2 Å². The Balaban J connectivity index is 1.33. The van der Waals surface area contributed by atoms with E-state index in [9.17, 15) is 19.2 Å². The third kappa shape index (κ3) is 10.2. The van der Waals surface area contributed by atoms with E-state index >= 15 is 0 Å². The highest BCUT2D eigenvalue weighted by Gasteiger charge is 2.41. The molecule has 4 rings (SSSR count). The summed E-state index contributed by atoms with van der Waals surface area (Å²) in [6.45, 7) is 2.80. The molecule has 2 fully saturated rings. The van der Waals surface area contributed by atoms with Crippen LogP contribution in [0.15, 0.2) is 59.6 Å². The van der Waals surface area contributed by atoms with Crippen LogP contribution in [-0.2, 0) is 25.7 Å². The number of carbonyl (C=O) groups is 4. The van der Waals surface area contributed by atoms with Gasteiger partial charge in [-0.25, -0.2) is 0 Å². The number of aliphatic imine (C=N–C) groups is 1. The lowest BCUT2D eigenvalue weighted by atomic mass is 9.98. The van der Waals surface area contributed by atoms with Crippen molar-refractivity contribution in [2.24, 2.45) is 4.99 Å². The Hall–Kier alpha value is -4.19. The van der Waals surface area contributed by atoms with Gasteiger partial charge >= 0.3 is 11.9 Å². The van der Waals surface area contributed by atoms with Gasteiger partial charge in [-0.3, -0.25) is 24.6 Å². The number of ether oxygens (including phenoxy) is 1. The van der Waals surface area contributed by atoms with Crippen molar-refractivity contribution in [1.82, 2.24) is 15.5 Å². The summed E-state index contributed by atoms with van der Waals surface area (Å²) in [6, 6.07) is 15.9. The van der Waals surface area contributed by atoms with E-state index in [-0.39, 0.29) is 42.8 Å². The predicted molar refractivity (Wildman–Crippen MR) is 173 cm³/mol. The van der Waals surface area contributed by atoms with Gasteiger partial charge in [0.2, 0.25) is 5.91 Å². The zero-order valence-electron chi connectivity index (χ0n) is 25.5. The molecule has 4 N–H and O–H groups in total. The molecule has 1 aliphatic heterocycles. The first-order chi connectivity index (χ1) is 21.7. The summed E-state index contributed by atoms with van der Waals surface area (Å²) >= 11 is 1.19. The Labute approximate surface area is 267 Å². The van der Waals surface area contributed by atoms with Crippen LogP contribution in [0.25, 0.3) is 0 Å². The molecule has 2 amide bonds.